The molecule has 0 aliphatic carbocycles. The zero-order valence-electron chi connectivity index (χ0n) is 12.1. The summed E-state index contributed by atoms with van der Waals surface area (Å²) in [4.78, 5) is 0. The first kappa shape index (κ1) is 15.4. The molecule has 0 amide bonds. The first-order chi connectivity index (χ1) is 10.3. The lowest BCUT2D eigenvalue weighted by Gasteiger charge is -2.07. The Labute approximate surface area is 130 Å². The molecule has 0 unspecified atom stereocenters. The van der Waals surface area contributed by atoms with Gasteiger partial charge in [0.15, 0.2) is 0 Å². The molecule has 1 N–H and O–H groups in total. The van der Waals surface area contributed by atoms with Crippen molar-refractivity contribution in [1.82, 2.24) is 5.43 Å². The number of nitrogens with zero attached hydrogens (tertiary/aromatic N) is 1. The van der Waals surface area contributed by atoms with Gasteiger partial charge in [-0.3, -0.25) is 0 Å². The van der Waals surface area contributed by atoms with Crippen molar-refractivity contribution in [3.8, 4) is 5.75 Å². The van der Waals surface area contributed by atoms with E-state index < -0.39 is 0 Å². The van der Waals surface area contributed by atoms with Crippen LogP contribution in [0.2, 0.25) is 5.02 Å². The first-order valence-electron chi connectivity index (χ1n) is 7.02. The number of halogens is 1. The number of rotatable bonds is 7. The van der Waals surface area contributed by atoms with Crippen LogP contribution < -0.4 is 10.2 Å². The van der Waals surface area contributed by atoms with E-state index in [0.29, 0.717) is 13.2 Å². The van der Waals surface area contributed by atoms with Gasteiger partial charge in [-0.1, -0.05) is 42.8 Å². The molecule has 0 aromatic heterocycles. The third-order valence-electron chi connectivity index (χ3n) is 2.87. The molecule has 0 atom stereocenters. The third-order valence-corrected chi connectivity index (χ3v) is 3.12. The molecule has 2 aromatic carbocycles. The van der Waals surface area contributed by atoms with Gasteiger partial charge in [0, 0.05) is 10.6 Å². The molecular formula is C17H19ClN2O. The summed E-state index contributed by atoms with van der Waals surface area (Å²) in [5.74, 6) is 0.858. The molecule has 110 valence electrons. The average Bonchev–Trinajstić information content (AvgIpc) is 2.52. The maximum absolute atomic E-state index is 5.85. The Balaban J connectivity index is 1.90. The van der Waals surface area contributed by atoms with Gasteiger partial charge in [0.1, 0.15) is 5.75 Å². The summed E-state index contributed by atoms with van der Waals surface area (Å²) < 4.78 is 5.68. The van der Waals surface area contributed by atoms with E-state index in [0.717, 1.165) is 28.3 Å². The van der Waals surface area contributed by atoms with Crippen LogP contribution in [0.25, 0.3) is 0 Å². The summed E-state index contributed by atoms with van der Waals surface area (Å²) in [7, 11) is 0. The van der Waals surface area contributed by atoms with E-state index in [2.05, 4.69) is 17.5 Å². The maximum Gasteiger partial charge on any atom is 0.128 e. The molecule has 0 aliphatic rings. The third kappa shape index (κ3) is 5.12. The van der Waals surface area contributed by atoms with Gasteiger partial charge < -0.3 is 10.2 Å². The molecule has 0 bridgehead atoms. The van der Waals surface area contributed by atoms with Crippen LogP contribution in [0.4, 0.5) is 0 Å². The molecule has 0 saturated heterocycles. The first-order valence-corrected chi connectivity index (χ1v) is 7.39. The predicted octanol–water partition coefficient (Wildman–Crippen LogP) is 4.25. The van der Waals surface area contributed by atoms with Crippen molar-refractivity contribution in [3.05, 3.63) is 64.7 Å². The van der Waals surface area contributed by atoms with Gasteiger partial charge in [-0.2, -0.15) is 5.10 Å². The topological polar surface area (TPSA) is 33.6 Å². The zero-order chi connectivity index (χ0) is 14.9. The molecule has 0 aliphatic heterocycles. The normalized spacial score (nSPS) is 10.8. The summed E-state index contributed by atoms with van der Waals surface area (Å²) in [5.41, 5.74) is 5.12. The molecule has 0 fully saturated rings. The monoisotopic (exact) mass is 302 g/mol. The molecule has 2 aromatic rings. The number of hydrogen-bond acceptors (Lipinski definition) is 3. The predicted molar refractivity (Wildman–Crippen MR) is 88.1 cm³/mol. The van der Waals surface area contributed by atoms with Crippen LogP contribution in [0.5, 0.6) is 5.75 Å². The number of nitrogens with one attached hydrogen (secondary N) is 1. The minimum atomic E-state index is 0.658. The number of para-hydroxylation sites is 1. The van der Waals surface area contributed by atoms with Crippen molar-refractivity contribution < 1.29 is 4.74 Å². The smallest absolute Gasteiger partial charge is 0.128 e. The van der Waals surface area contributed by atoms with Gasteiger partial charge in [-0.05, 0) is 36.2 Å². The molecule has 0 saturated carbocycles. The average molecular weight is 303 g/mol. The number of ether oxygens (including phenoxy) is 1. The number of hydrazone groups is 1. The van der Waals surface area contributed by atoms with Crippen LogP contribution in [0.3, 0.4) is 0 Å². The Morgan fingerprint density at radius 3 is 2.67 bits per heavy atom. The highest BCUT2D eigenvalue weighted by molar-refractivity contribution is 6.30. The molecule has 0 radical (unpaired) electrons. The van der Waals surface area contributed by atoms with E-state index >= 15 is 0 Å². The van der Waals surface area contributed by atoms with Gasteiger partial charge in [0.25, 0.3) is 0 Å². The SMILES string of the molecule is CCCOc1ccccc1/C=N\NCc1ccc(Cl)cc1. The van der Waals surface area contributed by atoms with Crippen molar-refractivity contribution in [2.24, 2.45) is 5.10 Å². The summed E-state index contributed by atoms with van der Waals surface area (Å²) in [5, 5.41) is 4.98. The Morgan fingerprint density at radius 1 is 1.14 bits per heavy atom. The van der Waals surface area contributed by atoms with E-state index in [1.165, 1.54) is 0 Å². The fourth-order valence-electron chi connectivity index (χ4n) is 1.79. The summed E-state index contributed by atoms with van der Waals surface area (Å²) in [6, 6.07) is 15.6. The number of hydrogen-bond donors (Lipinski definition) is 1. The minimum Gasteiger partial charge on any atom is -0.493 e. The van der Waals surface area contributed by atoms with Gasteiger partial charge in [-0.15, -0.1) is 0 Å². The van der Waals surface area contributed by atoms with E-state index in [-0.39, 0.29) is 0 Å². The summed E-state index contributed by atoms with van der Waals surface area (Å²) in [6.07, 6.45) is 2.77. The van der Waals surface area contributed by atoms with Crippen molar-refractivity contribution in [1.29, 1.82) is 0 Å². The lowest BCUT2D eigenvalue weighted by atomic mass is 10.2. The second-order valence-corrected chi connectivity index (χ2v) is 5.04. The molecule has 3 nitrogen and oxygen atoms in total. The summed E-state index contributed by atoms with van der Waals surface area (Å²) in [6.45, 7) is 3.46. The molecular weight excluding hydrogens is 284 g/mol. The van der Waals surface area contributed by atoms with Crippen LogP contribution in [-0.2, 0) is 6.54 Å². The van der Waals surface area contributed by atoms with Gasteiger partial charge in [0.2, 0.25) is 0 Å². The quantitative estimate of drug-likeness (QED) is 0.612. The molecule has 21 heavy (non-hydrogen) atoms. The fourth-order valence-corrected chi connectivity index (χ4v) is 1.91. The number of benzene rings is 2. The van der Waals surface area contributed by atoms with Crippen molar-refractivity contribution in [2.45, 2.75) is 19.9 Å². The van der Waals surface area contributed by atoms with Crippen molar-refractivity contribution in [3.63, 3.8) is 0 Å². The van der Waals surface area contributed by atoms with Crippen LogP contribution in [0, 0.1) is 0 Å². The highest BCUT2D eigenvalue weighted by Gasteiger charge is 1.99. The fraction of sp³-hybridized carbons (Fsp3) is 0.235. The zero-order valence-corrected chi connectivity index (χ0v) is 12.8. The molecule has 0 heterocycles. The highest BCUT2D eigenvalue weighted by Crippen LogP contribution is 2.16. The van der Waals surface area contributed by atoms with Crippen LogP contribution in [0.1, 0.15) is 24.5 Å². The Hall–Kier alpha value is -2.00. The van der Waals surface area contributed by atoms with Gasteiger partial charge >= 0.3 is 0 Å². The Morgan fingerprint density at radius 2 is 1.90 bits per heavy atom. The minimum absolute atomic E-state index is 0.658. The van der Waals surface area contributed by atoms with E-state index in [1.807, 2.05) is 48.5 Å². The van der Waals surface area contributed by atoms with Crippen molar-refractivity contribution in [2.75, 3.05) is 6.61 Å². The molecule has 0 spiro atoms. The lowest BCUT2D eigenvalue weighted by molar-refractivity contribution is 0.317. The largest absolute Gasteiger partial charge is 0.493 e. The van der Waals surface area contributed by atoms with E-state index in [1.54, 1.807) is 6.21 Å². The molecule has 4 heteroatoms. The lowest BCUT2D eigenvalue weighted by Crippen LogP contribution is -2.06. The Bertz CT molecular complexity index is 582. The van der Waals surface area contributed by atoms with Crippen LogP contribution in [-0.4, -0.2) is 12.8 Å². The second kappa shape index (κ2) is 8.32. The van der Waals surface area contributed by atoms with Gasteiger partial charge in [0.05, 0.1) is 19.4 Å². The standard InChI is InChI=1S/C17H19ClN2O/c1-2-11-21-17-6-4-3-5-15(17)13-20-19-12-14-7-9-16(18)10-8-14/h3-10,13,19H,2,11-12H2,1H3/b20-13-. The molecule has 2 rings (SSSR count). The van der Waals surface area contributed by atoms with Crippen LogP contribution in [0.15, 0.2) is 53.6 Å². The van der Waals surface area contributed by atoms with E-state index in [4.69, 9.17) is 16.3 Å². The van der Waals surface area contributed by atoms with Gasteiger partial charge in [-0.25, -0.2) is 0 Å². The summed E-state index contributed by atoms with van der Waals surface area (Å²) >= 11 is 5.85. The van der Waals surface area contributed by atoms with E-state index in [9.17, 15) is 0 Å². The Kier molecular flexibility index (Phi) is 6.10. The maximum atomic E-state index is 5.85. The second-order valence-electron chi connectivity index (χ2n) is 4.61. The van der Waals surface area contributed by atoms with Crippen LogP contribution >= 0.6 is 11.6 Å². The highest BCUT2D eigenvalue weighted by atomic mass is 35.5. The van der Waals surface area contributed by atoms with Crippen molar-refractivity contribution >= 4 is 17.8 Å².